The smallest absolute Gasteiger partial charge is 0.151 e. The van der Waals surface area contributed by atoms with E-state index in [0.29, 0.717) is 29.8 Å². The number of benzene rings is 1. The number of nitrogens with zero attached hydrogens (tertiary/aromatic N) is 3. The molecule has 0 spiro atoms. The van der Waals surface area contributed by atoms with E-state index >= 15 is 0 Å². The van der Waals surface area contributed by atoms with Crippen molar-refractivity contribution in [1.82, 2.24) is 19.9 Å². The number of rotatable bonds is 3. The number of aliphatic hydroxyl groups is 2. The Bertz CT molecular complexity index is 1120. The topological polar surface area (TPSA) is 92.4 Å². The van der Waals surface area contributed by atoms with Crippen LogP contribution in [0.2, 0.25) is 0 Å². The van der Waals surface area contributed by atoms with Crippen molar-refractivity contribution in [2.45, 2.75) is 57.6 Å². The number of fused-ring (bicyclic) bond motifs is 2. The van der Waals surface area contributed by atoms with E-state index in [4.69, 9.17) is 4.74 Å². The molecule has 0 amide bonds. The summed E-state index contributed by atoms with van der Waals surface area (Å²) < 4.78 is 22.3. The SMILES string of the molecule is Cc1cc2c(c(OC3C[C@@H](n4cc(F)c5cnc(C)nc54)[C@H](O)[C@@H]3O)c1)CNCC2. The van der Waals surface area contributed by atoms with Gasteiger partial charge < -0.3 is 24.8 Å². The number of nitrogens with one attached hydrogen (secondary N) is 1. The predicted octanol–water partition coefficient (Wildman–Crippen LogP) is 1.95. The summed E-state index contributed by atoms with van der Waals surface area (Å²) in [5.41, 5.74) is 3.85. The second kappa shape index (κ2) is 7.30. The van der Waals surface area contributed by atoms with Crippen molar-refractivity contribution in [3.63, 3.8) is 0 Å². The second-order valence-corrected chi connectivity index (χ2v) is 8.31. The summed E-state index contributed by atoms with van der Waals surface area (Å²) in [6, 6.07) is 3.59. The summed E-state index contributed by atoms with van der Waals surface area (Å²) in [5, 5.41) is 25.1. The first-order valence-electron chi connectivity index (χ1n) is 10.3. The molecule has 3 N–H and O–H groups in total. The highest BCUT2D eigenvalue weighted by Crippen LogP contribution is 2.38. The second-order valence-electron chi connectivity index (χ2n) is 8.31. The van der Waals surface area contributed by atoms with Crippen LogP contribution in [0, 0.1) is 19.7 Å². The average Bonchev–Trinajstić information content (AvgIpc) is 3.18. The highest BCUT2D eigenvalue weighted by atomic mass is 19.1. The van der Waals surface area contributed by atoms with Crippen LogP contribution in [0.5, 0.6) is 5.75 Å². The number of aryl methyl sites for hydroxylation is 2. The molecule has 4 atom stereocenters. The number of hydrogen-bond donors (Lipinski definition) is 3. The van der Waals surface area contributed by atoms with Gasteiger partial charge in [-0.1, -0.05) is 6.07 Å². The van der Waals surface area contributed by atoms with Gasteiger partial charge in [-0.3, -0.25) is 0 Å². The maximum Gasteiger partial charge on any atom is 0.151 e. The minimum Gasteiger partial charge on any atom is -0.487 e. The fourth-order valence-corrected chi connectivity index (χ4v) is 4.67. The van der Waals surface area contributed by atoms with Crippen molar-refractivity contribution in [3.05, 3.63) is 52.9 Å². The highest BCUT2D eigenvalue weighted by Gasteiger charge is 2.45. The first kappa shape index (κ1) is 19.4. The molecule has 30 heavy (non-hydrogen) atoms. The van der Waals surface area contributed by atoms with E-state index in [9.17, 15) is 14.6 Å². The number of hydrogen-bond acceptors (Lipinski definition) is 6. The summed E-state index contributed by atoms with van der Waals surface area (Å²) >= 11 is 0. The van der Waals surface area contributed by atoms with Crippen LogP contribution in [0.1, 0.15) is 35.0 Å². The van der Waals surface area contributed by atoms with Gasteiger partial charge in [0.25, 0.3) is 0 Å². The third-order valence-corrected chi connectivity index (χ3v) is 6.20. The molecule has 0 bridgehead atoms. The number of ether oxygens (including phenoxy) is 1. The number of aliphatic hydroxyl groups excluding tert-OH is 2. The van der Waals surface area contributed by atoms with Gasteiger partial charge in [0.05, 0.1) is 11.4 Å². The zero-order chi connectivity index (χ0) is 21.0. The van der Waals surface area contributed by atoms with E-state index < -0.39 is 30.2 Å². The molecule has 7 nitrogen and oxygen atoms in total. The maximum atomic E-state index is 14.4. The van der Waals surface area contributed by atoms with Crippen molar-refractivity contribution in [2.24, 2.45) is 0 Å². The quantitative estimate of drug-likeness (QED) is 0.609. The van der Waals surface area contributed by atoms with Crippen molar-refractivity contribution in [2.75, 3.05) is 6.54 Å². The molecule has 5 rings (SSSR count). The Labute approximate surface area is 173 Å². The normalized spacial score (nSPS) is 26.2. The lowest BCUT2D eigenvalue weighted by Gasteiger charge is -2.25. The molecule has 2 aliphatic rings. The molecule has 1 aliphatic heterocycles. The van der Waals surface area contributed by atoms with E-state index in [1.807, 2.05) is 13.0 Å². The lowest BCUT2D eigenvalue weighted by Crippen LogP contribution is -2.35. The zero-order valence-electron chi connectivity index (χ0n) is 17.0. The van der Waals surface area contributed by atoms with Crippen molar-refractivity contribution >= 4 is 11.0 Å². The third kappa shape index (κ3) is 3.15. The summed E-state index contributed by atoms with van der Waals surface area (Å²) in [4.78, 5) is 8.40. The van der Waals surface area contributed by atoms with Crippen molar-refractivity contribution in [1.29, 1.82) is 0 Å². The minimum atomic E-state index is -1.10. The van der Waals surface area contributed by atoms with Gasteiger partial charge in [0.1, 0.15) is 35.5 Å². The van der Waals surface area contributed by atoms with E-state index in [2.05, 4.69) is 21.4 Å². The number of halogens is 1. The van der Waals surface area contributed by atoms with Crippen LogP contribution in [0.15, 0.2) is 24.5 Å². The number of aromatic nitrogens is 3. The molecular weight excluding hydrogens is 387 g/mol. The van der Waals surface area contributed by atoms with Crippen LogP contribution in [-0.4, -0.2) is 49.6 Å². The first-order valence-corrected chi connectivity index (χ1v) is 10.3. The molecule has 3 aromatic rings. The van der Waals surface area contributed by atoms with E-state index in [-0.39, 0.29) is 0 Å². The fourth-order valence-electron chi connectivity index (χ4n) is 4.67. The molecule has 2 aromatic heterocycles. The summed E-state index contributed by atoms with van der Waals surface area (Å²) in [5.74, 6) is 0.798. The highest BCUT2D eigenvalue weighted by molar-refractivity contribution is 5.76. The van der Waals surface area contributed by atoms with Crippen LogP contribution in [0.25, 0.3) is 11.0 Å². The van der Waals surface area contributed by atoms with Crippen LogP contribution >= 0.6 is 0 Å². The van der Waals surface area contributed by atoms with Crippen LogP contribution < -0.4 is 10.1 Å². The van der Waals surface area contributed by atoms with Gasteiger partial charge in [-0.05, 0) is 44.0 Å². The van der Waals surface area contributed by atoms with Crippen LogP contribution in [0.4, 0.5) is 4.39 Å². The van der Waals surface area contributed by atoms with E-state index in [0.717, 1.165) is 29.8 Å². The monoisotopic (exact) mass is 412 g/mol. The van der Waals surface area contributed by atoms with Crippen LogP contribution in [-0.2, 0) is 13.0 Å². The van der Waals surface area contributed by atoms with E-state index in [1.165, 1.54) is 18.0 Å². The Kier molecular flexibility index (Phi) is 4.72. The molecule has 0 radical (unpaired) electrons. The molecule has 1 aromatic carbocycles. The average molecular weight is 412 g/mol. The molecular formula is C22H25FN4O3. The molecule has 1 saturated carbocycles. The van der Waals surface area contributed by atoms with E-state index in [1.54, 1.807) is 11.5 Å². The lowest BCUT2D eigenvalue weighted by atomic mass is 9.97. The molecule has 8 heteroatoms. The Balaban J connectivity index is 1.47. The van der Waals surface area contributed by atoms with Crippen molar-refractivity contribution < 1.29 is 19.3 Å². The summed E-state index contributed by atoms with van der Waals surface area (Å²) in [7, 11) is 0. The molecule has 158 valence electrons. The Morgan fingerprint density at radius 2 is 2.07 bits per heavy atom. The Morgan fingerprint density at radius 3 is 2.90 bits per heavy atom. The van der Waals surface area contributed by atoms with Gasteiger partial charge in [0.2, 0.25) is 0 Å². The minimum absolute atomic E-state index is 0.297. The maximum absolute atomic E-state index is 14.4. The van der Waals surface area contributed by atoms with Gasteiger partial charge in [0.15, 0.2) is 5.82 Å². The van der Waals surface area contributed by atoms with Gasteiger partial charge in [-0.25, -0.2) is 14.4 Å². The van der Waals surface area contributed by atoms with Gasteiger partial charge in [-0.2, -0.15) is 0 Å². The Hall–Kier alpha value is -2.55. The largest absolute Gasteiger partial charge is 0.487 e. The molecule has 1 aliphatic carbocycles. The van der Waals surface area contributed by atoms with Gasteiger partial charge in [-0.15, -0.1) is 0 Å². The predicted molar refractivity (Wildman–Crippen MR) is 109 cm³/mol. The summed E-state index contributed by atoms with van der Waals surface area (Å²) in [6.45, 7) is 5.39. The van der Waals surface area contributed by atoms with Crippen molar-refractivity contribution in [3.8, 4) is 5.75 Å². The fraction of sp³-hybridized carbons (Fsp3) is 0.455. The Morgan fingerprint density at radius 1 is 1.23 bits per heavy atom. The van der Waals surface area contributed by atoms with Gasteiger partial charge in [0, 0.05) is 30.9 Å². The molecule has 1 unspecified atom stereocenters. The van der Waals surface area contributed by atoms with Gasteiger partial charge >= 0.3 is 0 Å². The van der Waals surface area contributed by atoms with Crippen LogP contribution in [0.3, 0.4) is 0 Å². The molecule has 0 saturated heterocycles. The lowest BCUT2D eigenvalue weighted by molar-refractivity contribution is -0.0167. The zero-order valence-corrected chi connectivity index (χ0v) is 17.0. The summed E-state index contributed by atoms with van der Waals surface area (Å²) in [6.07, 6.45) is 1.23. The standard InChI is InChI=1S/C22H25FN4O3/c1-11-5-13-3-4-24-8-14(13)18(6-11)30-19-7-17(20(28)21(19)29)27-10-16(23)15-9-25-12(2)26-22(15)27/h5-6,9-10,17,19-21,24,28-29H,3-4,7-8H2,1-2H3/t17-,19?,20+,21-/m1/s1. The third-order valence-electron chi connectivity index (χ3n) is 6.20. The molecule has 1 fully saturated rings. The first-order chi connectivity index (χ1) is 14.4. The molecule has 3 heterocycles.